The Morgan fingerprint density at radius 2 is 1.73 bits per heavy atom. The molecule has 1 fully saturated rings. The van der Waals surface area contributed by atoms with Crippen molar-refractivity contribution in [1.29, 1.82) is 0 Å². The molecule has 0 atom stereocenters. The lowest BCUT2D eigenvalue weighted by Gasteiger charge is -2.39. The van der Waals surface area contributed by atoms with E-state index in [1.807, 2.05) is 17.0 Å². The van der Waals surface area contributed by atoms with Crippen molar-refractivity contribution in [1.82, 2.24) is 4.98 Å². The number of benzene rings is 1. The fraction of sp³-hybridized carbons (Fsp3) is 0.312. The molecule has 22 heavy (non-hydrogen) atoms. The largest absolute Gasteiger partial charge is 0.385 e. The number of aromatic nitrogens is 1. The van der Waals surface area contributed by atoms with Crippen molar-refractivity contribution in [3.63, 3.8) is 0 Å². The van der Waals surface area contributed by atoms with Crippen LogP contribution in [-0.2, 0) is 5.60 Å². The molecule has 1 aromatic carbocycles. The molecule has 0 unspecified atom stereocenters. The lowest BCUT2D eigenvalue weighted by Crippen LogP contribution is -2.43. The molecule has 3 rings (SSSR count). The van der Waals surface area contributed by atoms with E-state index in [9.17, 15) is 9.50 Å². The molecular formula is C16H15Cl2FN2O. The first-order chi connectivity index (χ1) is 10.5. The Morgan fingerprint density at radius 1 is 1.09 bits per heavy atom. The first-order valence-electron chi connectivity index (χ1n) is 7.02. The lowest BCUT2D eigenvalue weighted by atomic mass is 9.84. The van der Waals surface area contributed by atoms with Gasteiger partial charge < -0.3 is 10.0 Å². The molecule has 3 nitrogen and oxygen atoms in total. The third kappa shape index (κ3) is 3.05. The van der Waals surface area contributed by atoms with Gasteiger partial charge >= 0.3 is 0 Å². The Hall–Kier alpha value is -1.36. The number of nitrogens with zero attached hydrogens (tertiary/aromatic N) is 2. The number of piperidine rings is 1. The van der Waals surface area contributed by atoms with Crippen LogP contribution in [0.15, 0.2) is 36.5 Å². The molecule has 0 radical (unpaired) electrons. The topological polar surface area (TPSA) is 36.4 Å². The van der Waals surface area contributed by atoms with Crippen LogP contribution in [0.25, 0.3) is 0 Å². The van der Waals surface area contributed by atoms with Crippen molar-refractivity contribution in [2.75, 3.05) is 18.0 Å². The number of anilines is 1. The predicted molar refractivity (Wildman–Crippen MR) is 86.0 cm³/mol. The summed E-state index contributed by atoms with van der Waals surface area (Å²) in [5.41, 5.74) is -0.0784. The van der Waals surface area contributed by atoms with Crippen LogP contribution in [0.4, 0.5) is 10.2 Å². The molecular weight excluding hydrogens is 326 g/mol. The quantitative estimate of drug-likeness (QED) is 0.896. The second-order valence-electron chi connectivity index (χ2n) is 5.48. The number of pyridine rings is 1. The monoisotopic (exact) mass is 340 g/mol. The first-order valence-corrected chi connectivity index (χ1v) is 7.78. The van der Waals surface area contributed by atoms with Crippen LogP contribution >= 0.6 is 23.2 Å². The SMILES string of the molecule is OC1(c2ccc(Cl)cc2)CCN(c2ncc(Cl)cc2F)CC1. The van der Waals surface area contributed by atoms with Crippen LogP contribution in [0, 0.1) is 5.82 Å². The van der Waals surface area contributed by atoms with Gasteiger partial charge in [-0.1, -0.05) is 35.3 Å². The Balaban J connectivity index is 1.75. The van der Waals surface area contributed by atoms with E-state index in [0.717, 1.165) is 5.56 Å². The van der Waals surface area contributed by atoms with Crippen molar-refractivity contribution >= 4 is 29.0 Å². The van der Waals surface area contributed by atoms with Crippen LogP contribution in [0.2, 0.25) is 10.0 Å². The molecule has 2 heterocycles. The van der Waals surface area contributed by atoms with Crippen LogP contribution in [0.1, 0.15) is 18.4 Å². The third-order valence-electron chi connectivity index (χ3n) is 4.06. The highest BCUT2D eigenvalue weighted by Gasteiger charge is 2.34. The Labute approximate surface area is 138 Å². The second kappa shape index (κ2) is 6.03. The van der Waals surface area contributed by atoms with Gasteiger partial charge in [-0.15, -0.1) is 0 Å². The molecule has 0 spiro atoms. The van der Waals surface area contributed by atoms with Gasteiger partial charge in [0.2, 0.25) is 0 Å². The molecule has 1 saturated heterocycles. The highest BCUT2D eigenvalue weighted by Crippen LogP contribution is 2.35. The minimum absolute atomic E-state index is 0.274. The maximum absolute atomic E-state index is 13.9. The summed E-state index contributed by atoms with van der Waals surface area (Å²) in [5.74, 6) is -0.160. The lowest BCUT2D eigenvalue weighted by molar-refractivity contribution is 0.0115. The summed E-state index contributed by atoms with van der Waals surface area (Å²) in [6.45, 7) is 1.04. The average Bonchev–Trinajstić information content (AvgIpc) is 2.49. The van der Waals surface area contributed by atoms with Crippen molar-refractivity contribution in [3.05, 3.63) is 58.0 Å². The van der Waals surface area contributed by atoms with E-state index < -0.39 is 11.4 Å². The minimum atomic E-state index is -0.913. The van der Waals surface area contributed by atoms with Gasteiger partial charge in [0, 0.05) is 24.3 Å². The summed E-state index contributed by atoms with van der Waals surface area (Å²) in [6, 6.07) is 8.45. The van der Waals surface area contributed by atoms with E-state index in [2.05, 4.69) is 4.98 Å². The van der Waals surface area contributed by atoms with Gasteiger partial charge in [0.1, 0.15) is 0 Å². The molecule has 1 aliphatic heterocycles. The van der Waals surface area contributed by atoms with Crippen LogP contribution < -0.4 is 4.90 Å². The Morgan fingerprint density at radius 3 is 2.32 bits per heavy atom. The summed E-state index contributed by atoms with van der Waals surface area (Å²) in [7, 11) is 0. The number of hydrogen-bond donors (Lipinski definition) is 1. The minimum Gasteiger partial charge on any atom is -0.385 e. The summed E-state index contributed by atoms with van der Waals surface area (Å²) >= 11 is 11.6. The molecule has 0 aliphatic carbocycles. The molecule has 0 bridgehead atoms. The number of hydrogen-bond acceptors (Lipinski definition) is 3. The second-order valence-corrected chi connectivity index (χ2v) is 6.36. The van der Waals surface area contributed by atoms with Crippen LogP contribution in [0.5, 0.6) is 0 Å². The molecule has 2 aromatic rings. The van der Waals surface area contributed by atoms with Crippen molar-refractivity contribution < 1.29 is 9.50 Å². The summed E-state index contributed by atoms with van der Waals surface area (Å²) in [5, 5.41) is 11.7. The number of aliphatic hydroxyl groups is 1. The zero-order chi connectivity index (χ0) is 15.7. The van der Waals surface area contributed by atoms with Crippen molar-refractivity contribution in [2.45, 2.75) is 18.4 Å². The van der Waals surface area contributed by atoms with Gasteiger partial charge in [0.05, 0.1) is 10.6 Å². The summed E-state index contributed by atoms with van der Waals surface area (Å²) < 4.78 is 13.9. The van der Waals surface area contributed by atoms with Gasteiger partial charge in [0.15, 0.2) is 11.6 Å². The van der Waals surface area contributed by atoms with Gasteiger partial charge in [-0.25, -0.2) is 9.37 Å². The number of halogens is 3. The standard InChI is InChI=1S/C16H15Cl2FN2O/c17-12-3-1-11(2-4-12)16(22)5-7-21(8-6-16)15-14(19)9-13(18)10-20-15/h1-4,9-10,22H,5-8H2. The molecule has 116 valence electrons. The van der Waals surface area contributed by atoms with E-state index in [4.69, 9.17) is 23.2 Å². The molecule has 1 N–H and O–H groups in total. The van der Waals surface area contributed by atoms with Crippen LogP contribution in [-0.4, -0.2) is 23.2 Å². The zero-order valence-corrected chi connectivity index (χ0v) is 13.3. The van der Waals surface area contributed by atoms with E-state index in [1.165, 1.54) is 12.3 Å². The van der Waals surface area contributed by atoms with Gasteiger partial charge in [0.25, 0.3) is 0 Å². The van der Waals surface area contributed by atoms with E-state index >= 15 is 0 Å². The van der Waals surface area contributed by atoms with Gasteiger partial charge in [-0.05, 0) is 36.6 Å². The van der Waals surface area contributed by atoms with E-state index in [1.54, 1.807) is 12.1 Å². The smallest absolute Gasteiger partial charge is 0.167 e. The Bertz CT molecular complexity index is 670. The molecule has 1 aromatic heterocycles. The van der Waals surface area contributed by atoms with Crippen molar-refractivity contribution in [2.24, 2.45) is 0 Å². The first kappa shape index (κ1) is 15.5. The molecule has 0 saturated carbocycles. The molecule has 6 heteroatoms. The maximum atomic E-state index is 13.9. The zero-order valence-electron chi connectivity index (χ0n) is 11.8. The molecule has 1 aliphatic rings. The van der Waals surface area contributed by atoms with Gasteiger partial charge in [-0.3, -0.25) is 0 Å². The fourth-order valence-electron chi connectivity index (χ4n) is 2.78. The number of rotatable bonds is 2. The summed E-state index contributed by atoms with van der Waals surface area (Å²) in [4.78, 5) is 5.88. The fourth-order valence-corrected chi connectivity index (χ4v) is 3.05. The summed E-state index contributed by atoms with van der Waals surface area (Å²) in [6.07, 6.45) is 2.43. The molecule has 0 amide bonds. The normalized spacial score (nSPS) is 17.5. The van der Waals surface area contributed by atoms with Crippen molar-refractivity contribution in [3.8, 4) is 0 Å². The van der Waals surface area contributed by atoms with E-state index in [0.29, 0.717) is 31.0 Å². The average molecular weight is 341 g/mol. The Kier molecular flexibility index (Phi) is 4.26. The van der Waals surface area contributed by atoms with Gasteiger partial charge in [-0.2, -0.15) is 0 Å². The van der Waals surface area contributed by atoms with E-state index in [-0.39, 0.29) is 10.8 Å². The highest BCUT2D eigenvalue weighted by molar-refractivity contribution is 6.30. The maximum Gasteiger partial charge on any atom is 0.167 e. The third-order valence-corrected chi connectivity index (χ3v) is 4.52. The predicted octanol–water partition coefficient (Wildman–Crippen LogP) is 4.02. The van der Waals surface area contributed by atoms with Crippen LogP contribution in [0.3, 0.4) is 0 Å². The highest BCUT2D eigenvalue weighted by atomic mass is 35.5.